The SMILES string of the molecule is Cc1cc(Cl)ccc1C(C/C(=N\O)c1ccc(=O)n(C)c1)c1ccc(Oc2cccc(C(=O)O)c2)cc1. The molecule has 4 rings (SSSR count). The Bertz CT molecular complexity index is 1530. The van der Waals surface area contributed by atoms with E-state index in [4.69, 9.17) is 16.3 Å². The van der Waals surface area contributed by atoms with Crippen molar-refractivity contribution < 1.29 is 19.8 Å². The highest BCUT2D eigenvalue weighted by molar-refractivity contribution is 6.30. The van der Waals surface area contributed by atoms with E-state index in [2.05, 4.69) is 5.16 Å². The Labute approximate surface area is 218 Å². The number of benzene rings is 3. The number of hydrogen-bond acceptors (Lipinski definition) is 5. The van der Waals surface area contributed by atoms with Crippen molar-refractivity contribution in [3.05, 3.63) is 128 Å². The van der Waals surface area contributed by atoms with Crippen LogP contribution in [0.15, 0.2) is 95.0 Å². The minimum absolute atomic E-state index is 0.140. The lowest BCUT2D eigenvalue weighted by Gasteiger charge is -2.21. The number of carboxylic acids is 1. The average molecular weight is 517 g/mol. The van der Waals surface area contributed by atoms with E-state index < -0.39 is 5.97 Å². The van der Waals surface area contributed by atoms with Gasteiger partial charge in [0.25, 0.3) is 0 Å². The zero-order valence-electron chi connectivity index (χ0n) is 20.3. The van der Waals surface area contributed by atoms with Crippen LogP contribution in [0.25, 0.3) is 0 Å². The molecule has 2 N–H and O–H groups in total. The van der Waals surface area contributed by atoms with Crippen molar-refractivity contribution in [1.82, 2.24) is 4.57 Å². The van der Waals surface area contributed by atoms with Crippen molar-refractivity contribution in [2.45, 2.75) is 19.3 Å². The molecule has 0 fully saturated rings. The summed E-state index contributed by atoms with van der Waals surface area (Å²) >= 11 is 6.21. The van der Waals surface area contributed by atoms with Gasteiger partial charge in [0.2, 0.25) is 5.56 Å². The Morgan fingerprint density at radius 1 is 1.00 bits per heavy atom. The standard InChI is InChI=1S/C29H25ClN2O5/c1-18-14-22(30)9-12-25(18)26(16-27(31-36)21-8-13-28(33)32(2)17-21)19-6-10-23(11-7-19)37-24-5-3-4-20(15-24)29(34)35/h3-15,17,26,36H,16H2,1-2H3,(H,34,35)/b31-27+. The van der Waals surface area contributed by atoms with E-state index >= 15 is 0 Å². The fourth-order valence-electron chi connectivity index (χ4n) is 4.21. The molecule has 0 amide bonds. The van der Waals surface area contributed by atoms with Gasteiger partial charge in [0.05, 0.1) is 11.3 Å². The molecule has 0 saturated carbocycles. The molecule has 1 unspecified atom stereocenters. The Balaban J connectivity index is 1.67. The van der Waals surface area contributed by atoms with E-state index in [-0.39, 0.29) is 17.0 Å². The van der Waals surface area contributed by atoms with Crippen LogP contribution in [0.2, 0.25) is 5.02 Å². The Kier molecular flexibility index (Phi) is 7.74. The lowest BCUT2D eigenvalue weighted by molar-refractivity contribution is 0.0696. The molecule has 3 aromatic carbocycles. The van der Waals surface area contributed by atoms with E-state index in [1.165, 1.54) is 22.8 Å². The van der Waals surface area contributed by atoms with Gasteiger partial charge in [-0.2, -0.15) is 0 Å². The van der Waals surface area contributed by atoms with Gasteiger partial charge >= 0.3 is 5.97 Å². The maximum absolute atomic E-state index is 11.8. The number of pyridine rings is 1. The second kappa shape index (κ2) is 11.1. The quantitative estimate of drug-likeness (QED) is 0.164. The smallest absolute Gasteiger partial charge is 0.335 e. The number of aromatic carboxylic acids is 1. The average Bonchev–Trinajstić information content (AvgIpc) is 2.88. The summed E-state index contributed by atoms with van der Waals surface area (Å²) in [4.78, 5) is 23.1. The minimum atomic E-state index is -1.03. The van der Waals surface area contributed by atoms with E-state index in [1.54, 1.807) is 31.4 Å². The predicted molar refractivity (Wildman–Crippen MR) is 143 cm³/mol. The molecule has 8 heteroatoms. The summed E-state index contributed by atoms with van der Waals surface area (Å²) in [6, 6.07) is 22.5. The highest BCUT2D eigenvalue weighted by Gasteiger charge is 2.21. The molecule has 0 spiro atoms. The van der Waals surface area contributed by atoms with Crippen molar-refractivity contribution in [2.75, 3.05) is 0 Å². The molecule has 1 heterocycles. The van der Waals surface area contributed by atoms with Gasteiger partial charge in [0.1, 0.15) is 11.5 Å². The lowest BCUT2D eigenvalue weighted by atomic mass is 9.83. The number of halogens is 1. The van der Waals surface area contributed by atoms with Crippen LogP contribution in [-0.4, -0.2) is 26.6 Å². The zero-order chi connectivity index (χ0) is 26.5. The van der Waals surface area contributed by atoms with E-state index in [9.17, 15) is 19.9 Å². The van der Waals surface area contributed by atoms with Crippen molar-refractivity contribution in [1.29, 1.82) is 0 Å². The summed E-state index contributed by atoms with van der Waals surface area (Å²) in [6.45, 7) is 1.98. The van der Waals surface area contributed by atoms with Crippen LogP contribution >= 0.6 is 11.6 Å². The number of ether oxygens (including phenoxy) is 1. The maximum atomic E-state index is 11.8. The lowest BCUT2D eigenvalue weighted by Crippen LogP contribution is -2.18. The summed E-state index contributed by atoms with van der Waals surface area (Å²) < 4.78 is 7.31. The van der Waals surface area contributed by atoms with E-state index in [0.29, 0.717) is 34.2 Å². The van der Waals surface area contributed by atoms with Gasteiger partial charge in [-0.05, 0) is 72.1 Å². The first kappa shape index (κ1) is 25.7. The van der Waals surface area contributed by atoms with Gasteiger partial charge in [-0.1, -0.05) is 41.0 Å². The normalized spacial score (nSPS) is 12.2. The molecule has 7 nitrogen and oxygen atoms in total. The number of hydrogen-bond donors (Lipinski definition) is 2. The monoisotopic (exact) mass is 516 g/mol. The Hall–Kier alpha value is -4.36. The van der Waals surface area contributed by atoms with Crippen LogP contribution in [0.1, 0.15) is 45.0 Å². The number of aryl methyl sites for hydroxylation is 2. The molecular weight excluding hydrogens is 492 g/mol. The first-order valence-electron chi connectivity index (χ1n) is 11.5. The second-order valence-electron chi connectivity index (χ2n) is 8.68. The van der Waals surface area contributed by atoms with Gasteiger partial charge in [0.15, 0.2) is 0 Å². The second-order valence-corrected chi connectivity index (χ2v) is 9.11. The Morgan fingerprint density at radius 2 is 1.76 bits per heavy atom. The maximum Gasteiger partial charge on any atom is 0.335 e. The molecule has 4 aromatic rings. The first-order chi connectivity index (χ1) is 17.7. The molecule has 1 aromatic heterocycles. The number of carboxylic acid groups (broad SMARTS) is 1. The Morgan fingerprint density at radius 3 is 2.41 bits per heavy atom. The molecule has 188 valence electrons. The van der Waals surface area contributed by atoms with Crippen molar-refractivity contribution in [3.63, 3.8) is 0 Å². The molecule has 0 saturated heterocycles. The molecular formula is C29H25ClN2O5. The van der Waals surface area contributed by atoms with Gasteiger partial charge in [-0.15, -0.1) is 0 Å². The molecule has 37 heavy (non-hydrogen) atoms. The number of rotatable bonds is 8. The molecule has 0 bridgehead atoms. The van der Waals surface area contributed by atoms with Gasteiger partial charge in [-0.3, -0.25) is 4.79 Å². The number of oxime groups is 1. The zero-order valence-corrected chi connectivity index (χ0v) is 21.0. The van der Waals surface area contributed by atoms with Crippen LogP contribution in [0.3, 0.4) is 0 Å². The highest BCUT2D eigenvalue weighted by atomic mass is 35.5. The third kappa shape index (κ3) is 6.08. The van der Waals surface area contributed by atoms with Gasteiger partial charge < -0.3 is 19.6 Å². The van der Waals surface area contributed by atoms with Crippen LogP contribution in [0.5, 0.6) is 11.5 Å². The summed E-state index contributed by atoms with van der Waals surface area (Å²) in [5.74, 6) is -0.249. The summed E-state index contributed by atoms with van der Waals surface area (Å²) in [5.41, 5.74) is 4.00. The van der Waals surface area contributed by atoms with Crippen molar-refractivity contribution in [2.24, 2.45) is 12.2 Å². The summed E-state index contributed by atoms with van der Waals surface area (Å²) in [7, 11) is 1.65. The van der Waals surface area contributed by atoms with Crippen LogP contribution < -0.4 is 10.3 Å². The third-order valence-corrected chi connectivity index (χ3v) is 6.38. The number of aromatic nitrogens is 1. The predicted octanol–water partition coefficient (Wildman–Crippen LogP) is 6.24. The van der Waals surface area contributed by atoms with Crippen molar-refractivity contribution >= 4 is 23.3 Å². The van der Waals surface area contributed by atoms with Crippen LogP contribution in [-0.2, 0) is 7.05 Å². The topological polar surface area (TPSA) is 101 Å². The van der Waals surface area contributed by atoms with Crippen LogP contribution in [0, 0.1) is 6.92 Å². The number of nitrogens with zero attached hydrogens (tertiary/aromatic N) is 2. The van der Waals surface area contributed by atoms with Crippen molar-refractivity contribution in [3.8, 4) is 11.5 Å². The largest absolute Gasteiger partial charge is 0.478 e. The molecule has 0 aliphatic heterocycles. The van der Waals surface area contributed by atoms with Gasteiger partial charge in [0, 0.05) is 42.2 Å². The fraction of sp³-hybridized carbons (Fsp3) is 0.138. The third-order valence-electron chi connectivity index (χ3n) is 6.14. The summed E-state index contributed by atoms with van der Waals surface area (Å²) in [6.07, 6.45) is 2.00. The molecule has 1 atom stereocenters. The van der Waals surface area contributed by atoms with E-state index in [1.807, 2.05) is 49.4 Å². The van der Waals surface area contributed by atoms with Crippen LogP contribution in [0.4, 0.5) is 0 Å². The molecule has 0 radical (unpaired) electrons. The minimum Gasteiger partial charge on any atom is -0.478 e. The van der Waals surface area contributed by atoms with E-state index in [0.717, 1.165) is 16.7 Å². The highest BCUT2D eigenvalue weighted by Crippen LogP contribution is 2.34. The molecule has 0 aliphatic rings. The molecule has 0 aliphatic carbocycles. The van der Waals surface area contributed by atoms with Gasteiger partial charge in [-0.25, -0.2) is 4.79 Å². The fourth-order valence-corrected chi connectivity index (χ4v) is 4.44. The summed E-state index contributed by atoms with van der Waals surface area (Å²) in [5, 5.41) is 23.3. The first-order valence-corrected chi connectivity index (χ1v) is 11.9. The number of carbonyl (C=O) groups is 1.